The highest BCUT2D eigenvalue weighted by Crippen LogP contribution is 2.14. The van der Waals surface area contributed by atoms with Crippen LogP contribution >= 0.6 is 0 Å². The second-order valence-electron chi connectivity index (χ2n) is 6.64. The van der Waals surface area contributed by atoms with Crippen LogP contribution in [-0.4, -0.2) is 50.6 Å². The van der Waals surface area contributed by atoms with Crippen molar-refractivity contribution in [2.24, 2.45) is 0 Å². The van der Waals surface area contributed by atoms with E-state index in [1.54, 1.807) is 24.1 Å². The molecule has 0 aliphatic heterocycles. The number of benzene rings is 1. The third-order valence-electron chi connectivity index (χ3n) is 4.34. The van der Waals surface area contributed by atoms with Crippen LogP contribution in [0, 0.1) is 0 Å². The Morgan fingerprint density at radius 3 is 2.61 bits per heavy atom. The quantitative estimate of drug-likeness (QED) is 0.432. The second kappa shape index (κ2) is 9.48. The lowest BCUT2D eigenvalue weighted by Crippen LogP contribution is -2.43. The van der Waals surface area contributed by atoms with Crippen LogP contribution in [0.3, 0.4) is 0 Å². The average Bonchev–Trinajstić information content (AvgIpc) is 3.37. The number of nitrogens with one attached hydrogen (secondary N) is 3. The van der Waals surface area contributed by atoms with Crippen LogP contribution in [0.15, 0.2) is 55.0 Å². The molecule has 0 radical (unpaired) electrons. The number of ether oxygens (including phenoxy) is 1. The number of aromatic nitrogens is 3. The van der Waals surface area contributed by atoms with Gasteiger partial charge in [0.1, 0.15) is 17.5 Å². The summed E-state index contributed by atoms with van der Waals surface area (Å²) in [5.41, 5.74) is 4.14. The molecule has 1 unspecified atom stereocenters. The van der Waals surface area contributed by atoms with E-state index in [-0.39, 0.29) is 5.69 Å². The van der Waals surface area contributed by atoms with Gasteiger partial charge in [0.05, 0.1) is 25.5 Å². The van der Waals surface area contributed by atoms with E-state index in [0.717, 1.165) is 11.3 Å². The van der Waals surface area contributed by atoms with Crippen molar-refractivity contribution in [3.63, 3.8) is 0 Å². The number of hydrogen-bond acceptors (Lipinski definition) is 5. The summed E-state index contributed by atoms with van der Waals surface area (Å²) in [6.45, 7) is 1.91. The van der Waals surface area contributed by atoms with Gasteiger partial charge in [0.25, 0.3) is 11.8 Å². The van der Waals surface area contributed by atoms with Gasteiger partial charge in [0, 0.05) is 12.4 Å². The zero-order valence-corrected chi connectivity index (χ0v) is 16.9. The standard InChI is InChI=1S/C20H22N6O5/c1-13(22-20(29)30)18(27)24-26-9-3-4-17(26)19(28)23-15-10-21-25(12-15)11-14-5-7-16(31-2)8-6-14/h3-10,12-13,22H,11H2,1-2H3,(H,23,28)(H,24,27)(H,29,30). The SMILES string of the molecule is COc1ccc(Cn2cc(NC(=O)c3cccn3NC(=O)C(C)NC(=O)O)cn2)cc1. The van der Waals surface area contributed by atoms with E-state index >= 15 is 0 Å². The van der Waals surface area contributed by atoms with Crippen molar-refractivity contribution in [2.45, 2.75) is 19.5 Å². The zero-order chi connectivity index (χ0) is 22.4. The maximum absolute atomic E-state index is 12.6. The minimum atomic E-state index is -1.32. The summed E-state index contributed by atoms with van der Waals surface area (Å²) in [4.78, 5) is 35.4. The lowest BCUT2D eigenvalue weighted by Gasteiger charge is -2.14. The highest BCUT2D eigenvalue weighted by atomic mass is 16.5. The van der Waals surface area contributed by atoms with Crippen LogP contribution in [0.25, 0.3) is 0 Å². The Bertz CT molecular complexity index is 1070. The Kier molecular flexibility index (Phi) is 6.55. The summed E-state index contributed by atoms with van der Waals surface area (Å²) in [6.07, 6.45) is 3.37. The Morgan fingerprint density at radius 2 is 1.94 bits per heavy atom. The molecule has 162 valence electrons. The Hall–Kier alpha value is -4.28. The van der Waals surface area contributed by atoms with Gasteiger partial charge in [-0.05, 0) is 36.8 Å². The Balaban J connectivity index is 1.61. The lowest BCUT2D eigenvalue weighted by atomic mass is 10.2. The van der Waals surface area contributed by atoms with Gasteiger partial charge in [-0.2, -0.15) is 5.10 Å². The fraction of sp³-hybridized carbons (Fsp3) is 0.200. The Labute approximate surface area is 177 Å². The molecule has 0 aliphatic carbocycles. The first kappa shape index (κ1) is 21.4. The maximum Gasteiger partial charge on any atom is 0.405 e. The molecule has 11 nitrogen and oxygen atoms in total. The van der Waals surface area contributed by atoms with Gasteiger partial charge in [0.2, 0.25) is 0 Å². The fourth-order valence-electron chi connectivity index (χ4n) is 2.76. The normalized spacial score (nSPS) is 11.4. The van der Waals surface area contributed by atoms with Gasteiger partial charge >= 0.3 is 6.09 Å². The number of carbonyl (C=O) groups excluding carboxylic acids is 2. The molecule has 3 aromatic rings. The van der Waals surface area contributed by atoms with Crippen molar-refractivity contribution < 1.29 is 24.2 Å². The number of nitrogens with zero attached hydrogens (tertiary/aromatic N) is 3. The van der Waals surface area contributed by atoms with Crippen LogP contribution in [0.4, 0.5) is 10.5 Å². The molecular weight excluding hydrogens is 404 g/mol. The monoisotopic (exact) mass is 426 g/mol. The van der Waals surface area contributed by atoms with E-state index in [1.165, 1.54) is 30.1 Å². The van der Waals surface area contributed by atoms with Crippen LogP contribution in [0.2, 0.25) is 0 Å². The predicted octanol–water partition coefficient (Wildman–Crippen LogP) is 1.72. The first-order valence-corrected chi connectivity index (χ1v) is 9.30. The zero-order valence-electron chi connectivity index (χ0n) is 16.9. The molecule has 0 saturated carbocycles. The summed E-state index contributed by atoms with van der Waals surface area (Å²) in [5, 5.41) is 17.7. The fourth-order valence-corrected chi connectivity index (χ4v) is 2.76. The third-order valence-corrected chi connectivity index (χ3v) is 4.34. The molecule has 11 heteroatoms. The van der Waals surface area contributed by atoms with Crippen molar-refractivity contribution in [3.05, 3.63) is 66.2 Å². The van der Waals surface area contributed by atoms with Gasteiger partial charge in [-0.3, -0.25) is 24.4 Å². The minimum Gasteiger partial charge on any atom is -0.497 e. The van der Waals surface area contributed by atoms with Crippen molar-refractivity contribution in [2.75, 3.05) is 17.9 Å². The molecule has 0 bridgehead atoms. The van der Waals surface area contributed by atoms with Gasteiger partial charge in [-0.1, -0.05) is 12.1 Å². The van der Waals surface area contributed by atoms with Gasteiger partial charge < -0.3 is 20.5 Å². The first-order valence-electron chi connectivity index (χ1n) is 9.30. The molecule has 3 rings (SSSR count). The number of carbonyl (C=O) groups is 3. The summed E-state index contributed by atoms with van der Waals surface area (Å²) in [5.74, 6) is -0.312. The largest absolute Gasteiger partial charge is 0.497 e. The first-order chi connectivity index (χ1) is 14.9. The van der Waals surface area contributed by atoms with E-state index in [4.69, 9.17) is 9.84 Å². The summed E-state index contributed by atoms with van der Waals surface area (Å²) in [7, 11) is 1.60. The smallest absolute Gasteiger partial charge is 0.405 e. The topological polar surface area (TPSA) is 140 Å². The van der Waals surface area contributed by atoms with Crippen molar-refractivity contribution >= 4 is 23.6 Å². The number of carboxylic acid groups (broad SMARTS) is 1. The number of rotatable bonds is 8. The highest BCUT2D eigenvalue weighted by molar-refractivity contribution is 6.03. The molecule has 1 atom stereocenters. The molecule has 2 heterocycles. The van der Waals surface area contributed by atoms with Crippen molar-refractivity contribution in [1.29, 1.82) is 0 Å². The number of methoxy groups -OCH3 is 1. The molecule has 0 saturated heterocycles. The van der Waals surface area contributed by atoms with Crippen molar-refractivity contribution in [1.82, 2.24) is 19.8 Å². The molecule has 0 spiro atoms. The lowest BCUT2D eigenvalue weighted by molar-refractivity contribution is -0.118. The van der Waals surface area contributed by atoms with E-state index < -0.39 is 23.9 Å². The Morgan fingerprint density at radius 1 is 1.19 bits per heavy atom. The van der Waals surface area contributed by atoms with E-state index in [0.29, 0.717) is 12.2 Å². The highest BCUT2D eigenvalue weighted by Gasteiger charge is 2.18. The summed E-state index contributed by atoms with van der Waals surface area (Å²) in [6, 6.07) is 9.67. The molecule has 4 N–H and O–H groups in total. The van der Waals surface area contributed by atoms with E-state index in [1.807, 2.05) is 29.6 Å². The average molecular weight is 426 g/mol. The van der Waals surface area contributed by atoms with Crippen LogP contribution in [0.5, 0.6) is 5.75 Å². The summed E-state index contributed by atoms with van der Waals surface area (Å²) < 4.78 is 8.04. The predicted molar refractivity (Wildman–Crippen MR) is 112 cm³/mol. The maximum atomic E-state index is 12.6. The number of amides is 3. The van der Waals surface area contributed by atoms with Gasteiger partial charge in [-0.25, -0.2) is 4.79 Å². The second-order valence-corrected chi connectivity index (χ2v) is 6.64. The van der Waals surface area contributed by atoms with Crippen LogP contribution in [-0.2, 0) is 11.3 Å². The van der Waals surface area contributed by atoms with E-state index in [9.17, 15) is 14.4 Å². The number of hydrogen-bond donors (Lipinski definition) is 4. The molecule has 31 heavy (non-hydrogen) atoms. The van der Waals surface area contributed by atoms with Gasteiger partial charge in [0.15, 0.2) is 0 Å². The molecule has 2 aromatic heterocycles. The van der Waals surface area contributed by atoms with E-state index in [2.05, 4.69) is 15.8 Å². The molecule has 3 amide bonds. The number of anilines is 1. The van der Waals surface area contributed by atoms with Crippen LogP contribution in [0.1, 0.15) is 23.0 Å². The molecular formula is C20H22N6O5. The molecule has 0 aliphatic rings. The molecule has 0 fully saturated rings. The molecule has 1 aromatic carbocycles. The van der Waals surface area contributed by atoms with Crippen LogP contribution < -0.4 is 20.8 Å². The summed E-state index contributed by atoms with van der Waals surface area (Å²) >= 11 is 0. The van der Waals surface area contributed by atoms with Gasteiger partial charge in [-0.15, -0.1) is 0 Å². The van der Waals surface area contributed by atoms with Crippen molar-refractivity contribution in [3.8, 4) is 5.75 Å². The minimum absolute atomic E-state index is 0.166. The third kappa shape index (κ3) is 5.63.